The molecule has 0 unspecified atom stereocenters. The summed E-state index contributed by atoms with van der Waals surface area (Å²) in [6.07, 6.45) is 3.16. The van der Waals surface area contributed by atoms with Gasteiger partial charge in [0.15, 0.2) is 0 Å². The average molecular weight is 315 g/mol. The Balaban J connectivity index is 1.62. The minimum absolute atomic E-state index is 0.262. The van der Waals surface area contributed by atoms with E-state index in [1.165, 1.54) is 17.4 Å². The molecule has 0 aliphatic carbocycles. The minimum atomic E-state index is -0.354. The number of hydrogen-bond donors (Lipinski definition) is 0. The lowest BCUT2D eigenvalue weighted by Gasteiger charge is -2.30. The summed E-state index contributed by atoms with van der Waals surface area (Å²) in [5, 5.41) is 3.97. The molecule has 6 nitrogen and oxygen atoms in total. The molecule has 1 saturated heterocycles. The number of carbonyl (C=O) groups is 1. The zero-order chi connectivity index (χ0) is 16.2. The van der Waals surface area contributed by atoms with Crippen LogP contribution in [0.4, 0.5) is 5.69 Å². The molecule has 0 atom stereocenters. The van der Waals surface area contributed by atoms with Gasteiger partial charge in [-0.2, -0.15) is 5.10 Å². The third-order valence-electron chi connectivity index (χ3n) is 3.92. The normalized spacial score (nSPS) is 14.8. The molecule has 0 bridgehead atoms. The lowest BCUT2D eigenvalue weighted by Crippen LogP contribution is -2.36. The molecule has 122 valence electrons. The molecule has 1 aliphatic heterocycles. The highest BCUT2D eigenvalue weighted by Crippen LogP contribution is 2.22. The highest BCUT2D eigenvalue weighted by molar-refractivity contribution is 5.88. The van der Waals surface area contributed by atoms with E-state index in [4.69, 9.17) is 9.47 Å². The topological polar surface area (TPSA) is 56.6 Å². The number of carbonyl (C=O) groups excluding carboxylic acids is 1. The van der Waals surface area contributed by atoms with E-state index in [1.807, 2.05) is 6.07 Å². The van der Waals surface area contributed by atoms with Gasteiger partial charge in [0.2, 0.25) is 0 Å². The van der Waals surface area contributed by atoms with Crippen LogP contribution < -0.4 is 4.90 Å². The van der Waals surface area contributed by atoms with E-state index in [0.29, 0.717) is 5.56 Å². The summed E-state index contributed by atoms with van der Waals surface area (Å²) in [5.41, 5.74) is 3.85. The van der Waals surface area contributed by atoms with Gasteiger partial charge in [0.1, 0.15) is 6.61 Å². The molecule has 0 saturated carbocycles. The molecule has 3 rings (SSSR count). The van der Waals surface area contributed by atoms with E-state index in [9.17, 15) is 4.79 Å². The molecule has 2 heterocycles. The molecular weight excluding hydrogens is 294 g/mol. The molecule has 6 heteroatoms. The van der Waals surface area contributed by atoms with Gasteiger partial charge in [-0.3, -0.25) is 4.68 Å². The van der Waals surface area contributed by atoms with Gasteiger partial charge in [0.25, 0.3) is 0 Å². The zero-order valence-electron chi connectivity index (χ0n) is 13.5. The Bertz CT molecular complexity index is 690. The van der Waals surface area contributed by atoms with Crippen molar-refractivity contribution in [1.82, 2.24) is 9.78 Å². The number of ether oxygens (including phenoxy) is 2. The Hall–Kier alpha value is -2.34. The molecule has 0 amide bonds. The molecule has 1 aliphatic rings. The lowest BCUT2D eigenvalue weighted by atomic mass is 10.1. The molecule has 1 aromatic heterocycles. The summed E-state index contributed by atoms with van der Waals surface area (Å²) in [4.78, 5) is 14.3. The van der Waals surface area contributed by atoms with Gasteiger partial charge >= 0.3 is 5.97 Å². The standard InChI is InChI=1S/C17H21N3O3/c1-13-9-14(3-4-16(13)20-5-7-22-8-6-20)12-23-17(21)15-10-18-19(2)11-15/h3-4,9-11H,5-8,12H2,1-2H3. The summed E-state index contributed by atoms with van der Waals surface area (Å²) in [6, 6.07) is 6.17. The van der Waals surface area contributed by atoms with Gasteiger partial charge in [0, 0.05) is 32.0 Å². The molecule has 1 aromatic carbocycles. The Labute approximate surface area is 135 Å². The summed E-state index contributed by atoms with van der Waals surface area (Å²) < 4.78 is 12.3. The van der Waals surface area contributed by atoms with Gasteiger partial charge in [0.05, 0.1) is 25.0 Å². The van der Waals surface area contributed by atoms with E-state index >= 15 is 0 Å². The second-order valence-corrected chi connectivity index (χ2v) is 5.70. The van der Waals surface area contributed by atoms with Crippen LogP contribution in [0.25, 0.3) is 0 Å². The van der Waals surface area contributed by atoms with Crippen LogP contribution in [-0.4, -0.2) is 42.1 Å². The lowest BCUT2D eigenvalue weighted by molar-refractivity contribution is 0.0472. The minimum Gasteiger partial charge on any atom is -0.457 e. The number of anilines is 1. The van der Waals surface area contributed by atoms with Crippen molar-refractivity contribution in [2.45, 2.75) is 13.5 Å². The van der Waals surface area contributed by atoms with Crippen molar-refractivity contribution in [2.24, 2.45) is 7.05 Å². The Kier molecular flexibility index (Phi) is 4.62. The quantitative estimate of drug-likeness (QED) is 0.807. The number of benzene rings is 1. The first kappa shape index (κ1) is 15.6. The molecule has 0 spiro atoms. The van der Waals surface area contributed by atoms with E-state index in [2.05, 4.69) is 29.1 Å². The van der Waals surface area contributed by atoms with Crippen molar-refractivity contribution in [1.29, 1.82) is 0 Å². The average Bonchev–Trinajstić information content (AvgIpc) is 3.00. The summed E-state index contributed by atoms with van der Waals surface area (Å²) in [5.74, 6) is -0.354. The Morgan fingerprint density at radius 1 is 1.35 bits per heavy atom. The fraction of sp³-hybridized carbons (Fsp3) is 0.412. The van der Waals surface area contributed by atoms with Crippen molar-refractivity contribution in [3.05, 3.63) is 47.3 Å². The van der Waals surface area contributed by atoms with Crippen molar-refractivity contribution >= 4 is 11.7 Å². The fourth-order valence-electron chi connectivity index (χ4n) is 2.73. The maximum absolute atomic E-state index is 11.9. The summed E-state index contributed by atoms with van der Waals surface area (Å²) in [6.45, 7) is 5.70. The van der Waals surface area contributed by atoms with Crippen molar-refractivity contribution in [3.8, 4) is 0 Å². The molecule has 2 aromatic rings. The second-order valence-electron chi connectivity index (χ2n) is 5.70. The number of nitrogens with zero attached hydrogens (tertiary/aromatic N) is 3. The third kappa shape index (κ3) is 3.71. The second kappa shape index (κ2) is 6.83. The fourth-order valence-corrected chi connectivity index (χ4v) is 2.73. The number of aromatic nitrogens is 2. The van der Waals surface area contributed by atoms with Crippen LogP contribution in [0, 0.1) is 6.92 Å². The van der Waals surface area contributed by atoms with E-state index < -0.39 is 0 Å². The van der Waals surface area contributed by atoms with E-state index in [-0.39, 0.29) is 12.6 Å². The maximum Gasteiger partial charge on any atom is 0.341 e. The van der Waals surface area contributed by atoms with Crippen LogP contribution in [0.1, 0.15) is 21.5 Å². The van der Waals surface area contributed by atoms with Gasteiger partial charge in [-0.25, -0.2) is 4.79 Å². The first-order chi connectivity index (χ1) is 11.1. The summed E-state index contributed by atoms with van der Waals surface area (Å²) in [7, 11) is 1.77. The number of hydrogen-bond acceptors (Lipinski definition) is 5. The molecule has 0 N–H and O–H groups in total. The van der Waals surface area contributed by atoms with Crippen LogP contribution in [0.3, 0.4) is 0 Å². The van der Waals surface area contributed by atoms with Gasteiger partial charge < -0.3 is 14.4 Å². The monoisotopic (exact) mass is 315 g/mol. The first-order valence-corrected chi connectivity index (χ1v) is 7.71. The van der Waals surface area contributed by atoms with Gasteiger partial charge in [-0.1, -0.05) is 12.1 Å². The smallest absolute Gasteiger partial charge is 0.341 e. The highest BCUT2D eigenvalue weighted by atomic mass is 16.5. The van der Waals surface area contributed by atoms with Crippen molar-refractivity contribution in [3.63, 3.8) is 0 Å². The van der Waals surface area contributed by atoms with Crippen LogP contribution in [0.5, 0.6) is 0 Å². The Morgan fingerprint density at radius 3 is 2.78 bits per heavy atom. The van der Waals surface area contributed by atoms with Crippen LogP contribution >= 0.6 is 0 Å². The van der Waals surface area contributed by atoms with Crippen molar-refractivity contribution in [2.75, 3.05) is 31.2 Å². The number of esters is 1. The van der Waals surface area contributed by atoms with Gasteiger partial charge in [-0.05, 0) is 24.1 Å². The first-order valence-electron chi connectivity index (χ1n) is 7.71. The molecule has 23 heavy (non-hydrogen) atoms. The Morgan fingerprint density at radius 2 is 2.13 bits per heavy atom. The number of aryl methyl sites for hydroxylation is 2. The highest BCUT2D eigenvalue weighted by Gasteiger charge is 2.14. The zero-order valence-corrected chi connectivity index (χ0v) is 13.5. The van der Waals surface area contributed by atoms with E-state index in [0.717, 1.165) is 31.9 Å². The predicted octanol–water partition coefficient (Wildman–Crippen LogP) is 1.92. The number of morpholine rings is 1. The summed E-state index contributed by atoms with van der Waals surface area (Å²) >= 11 is 0. The van der Waals surface area contributed by atoms with Crippen LogP contribution in [-0.2, 0) is 23.1 Å². The van der Waals surface area contributed by atoms with Crippen LogP contribution in [0.15, 0.2) is 30.6 Å². The molecule has 0 radical (unpaired) electrons. The molecular formula is C17H21N3O3. The van der Waals surface area contributed by atoms with Gasteiger partial charge in [-0.15, -0.1) is 0 Å². The third-order valence-corrected chi connectivity index (χ3v) is 3.92. The predicted molar refractivity (Wildman–Crippen MR) is 86.5 cm³/mol. The molecule has 1 fully saturated rings. The SMILES string of the molecule is Cc1cc(COC(=O)c2cnn(C)c2)ccc1N1CCOCC1. The van der Waals surface area contributed by atoms with Crippen molar-refractivity contribution < 1.29 is 14.3 Å². The number of rotatable bonds is 4. The van der Waals surface area contributed by atoms with E-state index in [1.54, 1.807) is 17.9 Å². The maximum atomic E-state index is 11.9. The van der Waals surface area contributed by atoms with Crippen LogP contribution in [0.2, 0.25) is 0 Å². The largest absolute Gasteiger partial charge is 0.457 e.